The average Bonchev–Trinajstić information content (AvgIpc) is 2.28. The summed E-state index contributed by atoms with van der Waals surface area (Å²) in [5.41, 5.74) is 2.31. The van der Waals surface area contributed by atoms with Crippen molar-refractivity contribution < 1.29 is 9.53 Å². The van der Waals surface area contributed by atoms with E-state index in [0.29, 0.717) is 25.3 Å². The molecule has 0 radical (unpaired) electrons. The third-order valence-electron chi connectivity index (χ3n) is 2.13. The van der Waals surface area contributed by atoms with E-state index in [1.807, 2.05) is 13.8 Å². The van der Waals surface area contributed by atoms with E-state index in [4.69, 9.17) is 4.74 Å². The van der Waals surface area contributed by atoms with Crippen molar-refractivity contribution in [3.63, 3.8) is 0 Å². The summed E-state index contributed by atoms with van der Waals surface area (Å²) in [5, 5.41) is 2.78. The molecule has 1 aromatic heterocycles. The fraction of sp³-hybridized carbons (Fsp3) is 0.385. The van der Waals surface area contributed by atoms with Crippen LogP contribution in [0.2, 0.25) is 0 Å². The molecule has 0 atom stereocenters. The third kappa shape index (κ3) is 4.78. The van der Waals surface area contributed by atoms with E-state index >= 15 is 0 Å². The Morgan fingerprint density at radius 3 is 3.00 bits per heavy atom. The molecule has 1 rings (SSSR count). The molecule has 0 aliphatic carbocycles. The van der Waals surface area contributed by atoms with Gasteiger partial charge in [0.15, 0.2) is 0 Å². The van der Waals surface area contributed by atoms with Gasteiger partial charge in [-0.2, -0.15) is 0 Å². The first-order valence-corrected chi connectivity index (χ1v) is 5.53. The van der Waals surface area contributed by atoms with Crippen molar-refractivity contribution in [1.29, 1.82) is 0 Å². The number of amides is 1. The van der Waals surface area contributed by atoms with Crippen molar-refractivity contribution in [2.45, 2.75) is 13.8 Å². The Morgan fingerprint density at radius 2 is 2.35 bits per heavy atom. The Kier molecular flexibility index (Phi) is 5.36. The summed E-state index contributed by atoms with van der Waals surface area (Å²) in [6.07, 6.45) is 1.67. The van der Waals surface area contributed by atoms with Gasteiger partial charge in [-0.15, -0.1) is 0 Å². The zero-order valence-corrected chi connectivity index (χ0v) is 10.3. The van der Waals surface area contributed by atoms with Gasteiger partial charge in [0.1, 0.15) is 0 Å². The number of carbonyl (C=O) groups is 1. The summed E-state index contributed by atoms with van der Waals surface area (Å²) < 4.78 is 5.28. The summed E-state index contributed by atoms with van der Waals surface area (Å²) in [7, 11) is 0. The Morgan fingerprint density at radius 1 is 1.59 bits per heavy atom. The molecule has 4 nitrogen and oxygen atoms in total. The normalized spacial score (nSPS) is 10.0. The zero-order valence-electron chi connectivity index (χ0n) is 10.3. The van der Waals surface area contributed by atoms with Crippen molar-refractivity contribution >= 4 is 5.91 Å². The number of pyridine rings is 1. The van der Waals surface area contributed by atoms with Crippen LogP contribution in [0.1, 0.15) is 23.0 Å². The van der Waals surface area contributed by atoms with Crippen LogP contribution in [0.4, 0.5) is 0 Å². The predicted octanol–water partition coefficient (Wildman–Crippen LogP) is 1.71. The largest absolute Gasteiger partial charge is 0.375 e. The molecule has 0 aliphatic heterocycles. The fourth-order valence-corrected chi connectivity index (χ4v) is 1.30. The maximum absolute atomic E-state index is 11.7. The molecule has 0 aromatic carbocycles. The van der Waals surface area contributed by atoms with E-state index in [1.54, 1.807) is 18.3 Å². The first-order valence-electron chi connectivity index (χ1n) is 5.53. The van der Waals surface area contributed by atoms with Gasteiger partial charge in [0.05, 0.1) is 18.8 Å². The van der Waals surface area contributed by atoms with Gasteiger partial charge in [0, 0.05) is 18.4 Å². The average molecular weight is 234 g/mol. The van der Waals surface area contributed by atoms with Crippen LogP contribution in [-0.2, 0) is 4.74 Å². The summed E-state index contributed by atoms with van der Waals surface area (Å²) in [6, 6.07) is 3.51. The topological polar surface area (TPSA) is 51.2 Å². The lowest BCUT2D eigenvalue weighted by Gasteiger charge is -2.07. The first-order chi connectivity index (χ1) is 8.11. The van der Waals surface area contributed by atoms with E-state index < -0.39 is 0 Å². The lowest BCUT2D eigenvalue weighted by Crippen LogP contribution is -2.28. The van der Waals surface area contributed by atoms with E-state index in [2.05, 4.69) is 16.9 Å². The molecule has 1 heterocycles. The second-order valence-corrected chi connectivity index (χ2v) is 3.90. The summed E-state index contributed by atoms with van der Waals surface area (Å²) in [6.45, 7) is 8.94. The smallest absolute Gasteiger partial charge is 0.253 e. The fourth-order valence-electron chi connectivity index (χ4n) is 1.30. The summed E-state index contributed by atoms with van der Waals surface area (Å²) in [4.78, 5) is 15.8. The Labute approximate surface area is 102 Å². The van der Waals surface area contributed by atoms with Crippen LogP contribution in [0, 0.1) is 6.92 Å². The van der Waals surface area contributed by atoms with Crippen LogP contribution in [-0.4, -0.2) is 30.6 Å². The number of hydrogen-bond acceptors (Lipinski definition) is 3. The van der Waals surface area contributed by atoms with Gasteiger partial charge in [-0.05, 0) is 26.0 Å². The quantitative estimate of drug-likeness (QED) is 0.602. The van der Waals surface area contributed by atoms with Gasteiger partial charge >= 0.3 is 0 Å². The summed E-state index contributed by atoms with van der Waals surface area (Å²) in [5.74, 6) is -0.116. The molecule has 1 amide bonds. The number of ether oxygens (including phenoxy) is 1. The third-order valence-corrected chi connectivity index (χ3v) is 2.13. The molecule has 0 aliphatic rings. The number of nitrogens with zero attached hydrogens (tertiary/aromatic N) is 1. The molecule has 92 valence electrons. The Bertz CT molecular complexity index is 402. The first kappa shape index (κ1) is 13.4. The van der Waals surface area contributed by atoms with Crippen LogP contribution < -0.4 is 5.32 Å². The molecule has 0 fully saturated rings. The lowest BCUT2D eigenvalue weighted by molar-refractivity contribution is 0.0926. The van der Waals surface area contributed by atoms with Gasteiger partial charge < -0.3 is 10.1 Å². The van der Waals surface area contributed by atoms with Crippen LogP contribution in [0.3, 0.4) is 0 Å². The van der Waals surface area contributed by atoms with E-state index in [-0.39, 0.29) is 5.91 Å². The van der Waals surface area contributed by atoms with E-state index in [9.17, 15) is 4.79 Å². The lowest BCUT2D eigenvalue weighted by atomic mass is 10.2. The number of aromatic nitrogens is 1. The van der Waals surface area contributed by atoms with Crippen molar-refractivity contribution in [1.82, 2.24) is 10.3 Å². The second kappa shape index (κ2) is 6.81. The number of carbonyl (C=O) groups excluding carboxylic acids is 1. The molecule has 0 unspecified atom stereocenters. The number of nitrogens with one attached hydrogen (secondary N) is 1. The predicted molar refractivity (Wildman–Crippen MR) is 66.9 cm³/mol. The van der Waals surface area contributed by atoms with Crippen LogP contribution in [0.15, 0.2) is 30.5 Å². The molecule has 0 spiro atoms. The van der Waals surface area contributed by atoms with Crippen molar-refractivity contribution in [3.8, 4) is 0 Å². The maximum atomic E-state index is 11.7. The van der Waals surface area contributed by atoms with Crippen LogP contribution >= 0.6 is 0 Å². The minimum absolute atomic E-state index is 0.116. The zero-order chi connectivity index (χ0) is 12.7. The number of hydrogen-bond donors (Lipinski definition) is 1. The molecule has 0 bridgehead atoms. The molecular formula is C13H18N2O2. The molecule has 4 heteroatoms. The van der Waals surface area contributed by atoms with Crippen molar-refractivity contribution in [2.24, 2.45) is 0 Å². The van der Waals surface area contributed by atoms with E-state index in [0.717, 1.165) is 11.3 Å². The standard InChI is InChI=1S/C13H18N2O2/c1-10(2)9-17-8-7-15-13(16)12-5-4-6-14-11(12)3/h4-6H,1,7-9H2,2-3H3,(H,15,16). The second-order valence-electron chi connectivity index (χ2n) is 3.90. The molecular weight excluding hydrogens is 216 g/mol. The minimum atomic E-state index is -0.116. The Balaban J connectivity index is 2.31. The van der Waals surface area contributed by atoms with Gasteiger partial charge in [0.2, 0.25) is 0 Å². The highest BCUT2D eigenvalue weighted by atomic mass is 16.5. The number of aryl methyl sites for hydroxylation is 1. The molecule has 0 saturated heterocycles. The molecule has 1 aromatic rings. The monoisotopic (exact) mass is 234 g/mol. The summed E-state index contributed by atoms with van der Waals surface area (Å²) >= 11 is 0. The highest BCUT2D eigenvalue weighted by molar-refractivity contribution is 5.95. The molecule has 0 saturated carbocycles. The van der Waals surface area contributed by atoms with Crippen LogP contribution in [0.25, 0.3) is 0 Å². The van der Waals surface area contributed by atoms with Gasteiger partial charge in [0.25, 0.3) is 5.91 Å². The Hall–Kier alpha value is -1.68. The SMILES string of the molecule is C=C(C)COCCNC(=O)c1cccnc1C. The van der Waals surface area contributed by atoms with Crippen molar-refractivity contribution in [2.75, 3.05) is 19.8 Å². The van der Waals surface area contributed by atoms with Gasteiger partial charge in [-0.25, -0.2) is 0 Å². The number of rotatable bonds is 6. The molecule has 1 N–H and O–H groups in total. The van der Waals surface area contributed by atoms with Gasteiger partial charge in [-0.1, -0.05) is 12.2 Å². The highest BCUT2D eigenvalue weighted by Crippen LogP contribution is 2.02. The van der Waals surface area contributed by atoms with Gasteiger partial charge in [-0.3, -0.25) is 9.78 Å². The molecule has 17 heavy (non-hydrogen) atoms. The maximum Gasteiger partial charge on any atom is 0.253 e. The highest BCUT2D eigenvalue weighted by Gasteiger charge is 2.07. The van der Waals surface area contributed by atoms with Crippen LogP contribution in [0.5, 0.6) is 0 Å². The van der Waals surface area contributed by atoms with E-state index in [1.165, 1.54) is 0 Å². The minimum Gasteiger partial charge on any atom is -0.375 e. The van der Waals surface area contributed by atoms with Crippen molar-refractivity contribution in [3.05, 3.63) is 41.7 Å².